The summed E-state index contributed by atoms with van der Waals surface area (Å²) in [5.41, 5.74) is 0.863. The van der Waals surface area contributed by atoms with Crippen molar-refractivity contribution in [2.45, 2.75) is 19.9 Å². The molecule has 0 aromatic carbocycles. The lowest BCUT2D eigenvalue weighted by Gasteiger charge is -2.06. The van der Waals surface area contributed by atoms with E-state index in [1.165, 1.54) is 0 Å². The van der Waals surface area contributed by atoms with Gasteiger partial charge in [0.25, 0.3) is 5.56 Å². The second-order valence-corrected chi connectivity index (χ2v) is 3.65. The molecule has 4 heteroatoms. The molecule has 0 radical (unpaired) electrons. The second kappa shape index (κ2) is 7.19. The Morgan fingerprint density at radius 3 is 2.88 bits per heavy atom. The first kappa shape index (κ1) is 12.9. The van der Waals surface area contributed by atoms with Crippen molar-refractivity contribution in [1.82, 2.24) is 4.57 Å². The monoisotopic (exact) mass is 225 g/mol. The van der Waals surface area contributed by atoms with Gasteiger partial charge in [0.1, 0.15) is 0 Å². The molecule has 0 saturated carbocycles. The molecule has 0 aliphatic heterocycles. The average molecular weight is 225 g/mol. The van der Waals surface area contributed by atoms with E-state index in [9.17, 15) is 4.79 Å². The SMILES string of the molecule is COCCOCCCn1cccc(C)c1=O. The minimum Gasteiger partial charge on any atom is -0.382 e. The molecule has 0 unspecified atom stereocenters. The lowest BCUT2D eigenvalue weighted by molar-refractivity contribution is 0.0679. The highest BCUT2D eigenvalue weighted by atomic mass is 16.5. The van der Waals surface area contributed by atoms with Crippen molar-refractivity contribution in [3.63, 3.8) is 0 Å². The molecule has 0 saturated heterocycles. The van der Waals surface area contributed by atoms with Crippen LogP contribution in [0.3, 0.4) is 0 Å². The van der Waals surface area contributed by atoms with Gasteiger partial charge in [-0.3, -0.25) is 4.79 Å². The zero-order chi connectivity index (χ0) is 11.8. The summed E-state index contributed by atoms with van der Waals surface area (Å²) in [5.74, 6) is 0. The van der Waals surface area contributed by atoms with Gasteiger partial charge in [0.15, 0.2) is 0 Å². The molecule has 0 N–H and O–H groups in total. The van der Waals surface area contributed by atoms with E-state index in [4.69, 9.17) is 9.47 Å². The fourth-order valence-electron chi connectivity index (χ4n) is 1.41. The van der Waals surface area contributed by atoms with Crippen molar-refractivity contribution in [3.8, 4) is 0 Å². The van der Waals surface area contributed by atoms with Crippen LogP contribution in [-0.2, 0) is 16.0 Å². The molecule has 0 aliphatic carbocycles. The Labute approximate surface area is 95.8 Å². The molecular formula is C12H19NO3. The van der Waals surface area contributed by atoms with Crippen LogP contribution in [0.2, 0.25) is 0 Å². The van der Waals surface area contributed by atoms with Crippen LogP contribution in [0.1, 0.15) is 12.0 Å². The maximum Gasteiger partial charge on any atom is 0.253 e. The van der Waals surface area contributed by atoms with E-state index in [0.717, 1.165) is 12.0 Å². The number of hydrogen-bond acceptors (Lipinski definition) is 3. The number of pyridine rings is 1. The second-order valence-electron chi connectivity index (χ2n) is 3.65. The first-order chi connectivity index (χ1) is 7.75. The molecule has 0 amide bonds. The first-order valence-corrected chi connectivity index (χ1v) is 5.48. The smallest absolute Gasteiger partial charge is 0.253 e. The summed E-state index contributed by atoms with van der Waals surface area (Å²) >= 11 is 0. The van der Waals surface area contributed by atoms with Crippen molar-refractivity contribution >= 4 is 0 Å². The van der Waals surface area contributed by atoms with Crippen LogP contribution < -0.4 is 5.56 Å². The molecule has 4 nitrogen and oxygen atoms in total. The van der Waals surface area contributed by atoms with Gasteiger partial charge in [-0.1, -0.05) is 6.07 Å². The Bertz CT molecular complexity index is 360. The fraction of sp³-hybridized carbons (Fsp3) is 0.583. The lowest BCUT2D eigenvalue weighted by atomic mass is 10.3. The third-order valence-electron chi connectivity index (χ3n) is 2.33. The first-order valence-electron chi connectivity index (χ1n) is 5.48. The summed E-state index contributed by atoms with van der Waals surface area (Å²) in [6, 6.07) is 3.72. The number of aryl methyl sites for hydroxylation is 2. The van der Waals surface area contributed by atoms with Gasteiger partial charge in [0.05, 0.1) is 13.2 Å². The van der Waals surface area contributed by atoms with Gasteiger partial charge in [0.2, 0.25) is 0 Å². The van der Waals surface area contributed by atoms with Crippen molar-refractivity contribution in [1.29, 1.82) is 0 Å². The van der Waals surface area contributed by atoms with Gasteiger partial charge in [-0.2, -0.15) is 0 Å². The topological polar surface area (TPSA) is 40.5 Å². The lowest BCUT2D eigenvalue weighted by Crippen LogP contribution is -2.21. The van der Waals surface area contributed by atoms with Gasteiger partial charge in [0, 0.05) is 32.0 Å². The maximum atomic E-state index is 11.6. The third-order valence-corrected chi connectivity index (χ3v) is 2.33. The molecule has 90 valence electrons. The summed E-state index contributed by atoms with van der Waals surface area (Å²) in [7, 11) is 1.65. The molecule has 0 bridgehead atoms. The highest BCUT2D eigenvalue weighted by molar-refractivity contribution is 5.07. The molecule has 1 rings (SSSR count). The largest absolute Gasteiger partial charge is 0.382 e. The Balaban J connectivity index is 2.27. The van der Waals surface area contributed by atoms with Crippen LogP contribution in [0.5, 0.6) is 0 Å². The Kier molecular flexibility index (Phi) is 5.82. The average Bonchev–Trinajstić information content (AvgIpc) is 2.29. The van der Waals surface area contributed by atoms with Gasteiger partial charge in [-0.05, 0) is 19.4 Å². The van der Waals surface area contributed by atoms with Crippen LogP contribution in [0, 0.1) is 6.92 Å². The van der Waals surface area contributed by atoms with Crippen molar-refractivity contribution < 1.29 is 9.47 Å². The minimum atomic E-state index is 0.0828. The number of ether oxygens (including phenoxy) is 2. The molecule has 0 aliphatic rings. The predicted molar refractivity (Wildman–Crippen MR) is 62.8 cm³/mol. The molecule has 1 aromatic rings. The zero-order valence-electron chi connectivity index (χ0n) is 9.94. The molecule has 16 heavy (non-hydrogen) atoms. The molecule has 1 aromatic heterocycles. The van der Waals surface area contributed by atoms with Crippen LogP contribution in [0.15, 0.2) is 23.1 Å². The van der Waals surface area contributed by atoms with E-state index in [0.29, 0.717) is 26.4 Å². The van der Waals surface area contributed by atoms with E-state index in [2.05, 4.69) is 0 Å². The number of rotatable bonds is 7. The number of methoxy groups -OCH3 is 1. The highest BCUT2D eigenvalue weighted by Gasteiger charge is 1.97. The van der Waals surface area contributed by atoms with Gasteiger partial charge >= 0.3 is 0 Å². The van der Waals surface area contributed by atoms with Crippen molar-refractivity contribution in [2.75, 3.05) is 26.9 Å². The normalized spacial score (nSPS) is 10.6. The number of nitrogens with zero attached hydrogens (tertiary/aromatic N) is 1. The Morgan fingerprint density at radius 1 is 1.31 bits per heavy atom. The van der Waals surface area contributed by atoms with E-state index in [-0.39, 0.29) is 5.56 Å². The quantitative estimate of drug-likeness (QED) is 0.655. The minimum absolute atomic E-state index is 0.0828. The number of hydrogen-bond donors (Lipinski definition) is 0. The van der Waals surface area contributed by atoms with Gasteiger partial charge in [-0.15, -0.1) is 0 Å². The van der Waals surface area contributed by atoms with E-state index in [1.54, 1.807) is 11.7 Å². The third kappa shape index (κ3) is 4.16. The molecule has 0 atom stereocenters. The van der Waals surface area contributed by atoms with Crippen molar-refractivity contribution in [3.05, 3.63) is 34.2 Å². The van der Waals surface area contributed by atoms with Crippen LogP contribution in [0.25, 0.3) is 0 Å². The van der Waals surface area contributed by atoms with E-state index >= 15 is 0 Å². The van der Waals surface area contributed by atoms with Crippen LogP contribution in [-0.4, -0.2) is 31.5 Å². The zero-order valence-corrected chi connectivity index (χ0v) is 9.94. The summed E-state index contributed by atoms with van der Waals surface area (Å²) in [6.45, 7) is 4.41. The summed E-state index contributed by atoms with van der Waals surface area (Å²) in [5, 5.41) is 0. The van der Waals surface area contributed by atoms with Gasteiger partial charge < -0.3 is 14.0 Å². The van der Waals surface area contributed by atoms with E-state index < -0.39 is 0 Å². The predicted octanol–water partition coefficient (Wildman–Crippen LogP) is 1.21. The van der Waals surface area contributed by atoms with Crippen molar-refractivity contribution in [2.24, 2.45) is 0 Å². The molecular weight excluding hydrogens is 206 g/mol. The highest BCUT2D eigenvalue weighted by Crippen LogP contribution is 1.92. The molecule has 1 heterocycles. The Hall–Kier alpha value is -1.13. The Morgan fingerprint density at radius 2 is 2.12 bits per heavy atom. The summed E-state index contributed by atoms with van der Waals surface area (Å²) in [6.07, 6.45) is 2.65. The maximum absolute atomic E-state index is 11.6. The number of aromatic nitrogens is 1. The summed E-state index contributed by atoms with van der Waals surface area (Å²) in [4.78, 5) is 11.6. The standard InChI is InChI=1S/C12H19NO3/c1-11-5-3-6-13(12(11)14)7-4-8-16-10-9-15-2/h3,5-6H,4,7-10H2,1-2H3. The molecule has 0 spiro atoms. The van der Waals surface area contributed by atoms with Gasteiger partial charge in [-0.25, -0.2) is 0 Å². The van der Waals surface area contributed by atoms with Crippen LogP contribution in [0.4, 0.5) is 0 Å². The molecule has 0 fully saturated rings. The fourth-order valence-corrected chi connectivity index (χ4v) is 1.41. The van der Waals surface area contributed by atoms with E-state index in [1.807, 2.05) is 25.3 Å². The summed E-state index contributed by atoms with van der Waals surface area (Å²) < 4.78 is 11.9. The van der Waals surface area contributed by atoms with Crippen LogP contribution >= 0.6 is 0 Å².